The molecule has 0 amide bonds. The van der Waals surface area contributed by atoms with Crippen molar-refractivity contribution in [2.45, 2.75) is 0 Å². The summed E-state index contributed by atoms with van der Waals surface area (Å²) < 4.78 is 4.88. The largest absolute Gasteiger partial charge is 0.305 e. The zero-order valence-electron chi connectivity index (χ0n) is 10.0. The predicted molar refractivity (Wildman–Crippen MR) is 72.4 cm³/mol. The number of rotatable bonds is 3. The molecule has 0 bridgehead atoms. The lowest BCUT2D eigenvalue weighted by molar-refractivity contribution is 0.878. The molecule has 0 radical (unpaired) electrons. The molecule has 1 aromatic rings. The number of aromatic nitrogens is 1. The third-order valence-corrected chi connectivity index (χ3v) is 9.01. The lowest BCUT2D eigenvalue weighted by atomic mass is 10.7. The van der Waals surface area contributed by atoms with Gasteiger partial charge in [0.25, 0.3) is 0 Å². The Kier molecular flexibility index (Phi) is 3.29. The van der Waals surface area contributed by atoms with E-state index in [1.165, 1.54) is 0 Å². The Labute approximate surface area is 91.3 Å². The maximum Gasteiger partial charge on any atom is 0.0152 e. The van der Waals surface area contributed by atoms with Gasteiger partial charge in [-0.1, -0.05) is 0 Å². The lowest BCUT2D eigenvalue weighted by Gasteiger charge is -2.51. The first-order valence-electron chi connectivity index (χ1n) is 4.55. The Morgan fingerprint density at radius 1 is 0.929 bits per heavy atom. The molecule has 0 saturated heterocycles. The third-order valence-electron chi connectivity index (χ3n) is 2.49. The highest BCUT2D eigenvalue weighted by Gasteiger charge is 2.25. The summed E-state index contributed by atoms with van der Waals surface area (Å²) in [6, 6.07) is 4.20. The van der Waals surface area contributed by atoms with E-state index in [1.54, 1.807) is 0 Å². The summed E-state index contributed by atoms with van der Waals surface area (Å²) in [4.78, 5) is 0. The quantitative estimate of drug-likeness (QED) is 0.781. The molecule has 1 aromatic heterocycles. The SMILES string of the molecule is CN(S(C)(C)C)S(C)(C)n1cccc1. The second-order valence-corrected chi connectivity index (χ2v) is 12.2. The highest BCUT2D eigenvalue weighted by molar-refractivity contribution is 8.43. The van der Waals surface area contributed by atoms with E-state index >= 15 is 0 Å². The summed E-state index contributed by atoms with van der Waals surface area (Å²) >= 11 is 0. The first-order valence-corrected chi connectivity index (χ1v) is 9.73. The van der Waals surface area contributed by atoms with Gasteiger partial charge in [-0.2, -0.15) is 10.2 Å². The Balaban J connectivity index is 2.96. The predicted octanol–water partition coefficient (Wildman–Crippen LogP) is 2.77. The van der Waals surface area contributed by atoms with Gasteiger partial charge in [-0.3, -0.25) is 0 Å². The van der Waals surface area contributed by atoms with E-state index in [9.17, 15) is 0 Å². The van der Waals surface area contributed by atoms with Crippen LogP contribution in [-0.2, 0) is 0 Å². The van der Waals surface area contributed by atoms with E-state index in [-0.39, 0.29) is 0 Å². The maximum absolute atomic E-state index is 2.54. The van der Waals surface area contributed by atoms with Crippen molar-refractivity contribution in [1.29, 1.82) is 0 Å². The van der Waals surface area contributed by atoms with Crippen LogP contribution in [0.1, 0.15) is 0 Å². The second-order valence-electron chi connectivity index (χ2n) is 4.48. The van der Waals surface area contributed by atoms with Gasteiger partial charge in [-0.25, -0.2) is 3.71 Å². The van der Waals surface area contributed by atoms with Gasteiger partial charge in [0.15, 0.2) is 0 Å². The molecule has 4 heteroatoms. The van der Waals surface area contributed by atoms with Crippen molar-refractivity contribution in [2.24, 2.45) is 0 Å². The van der Waals surface area contributed by atoms with Crippen LogP contribution in [0.4, 0.5) is 0 Å². The highest BCUT2D eigenvalue weighted by Crippen LogP contribution is 2.58. The average Bonchev–Trinajstić information content (AvgIpc) is 2.53. The molecule has 0 aliphatic heterocycles. The van der Waals surface area contributed by atoms with E-state index in [0.29, 0.717) is 0 Å². The van der Waals surface area contributed by atoms with Gasteiger partial charge in [-0.15, -0.1) is 10.4 Å². The molecule has 84 valence electrons. The molecule has 0 aromatic carbocycles. The van der Waals surface area contributed by atoms with E-state index in [4.69, 9.17) is 0 Å². The van der Waals surface area contributed by atoms with Gasteiger partial charge in [-0.05, 0) is 43.4 Å². The van der Waals surface area contributed by atoms with Gasteiger partial charge in [0.1, 0.15) is 0 Å². The fraction of sp³-hybridized carbons (Fsp3) is 0.600. The number of hydrogen-bond donors (Lipinski definition) is 0. The van der Waals surface area contributed by atoms with Gasteiger partial charge in [0.2, 0.25) is 0 Å². The molecule has 0 atom stereocenters. The third kappa shape index (κ3) is 2.30. The minimum atomic E-state index is -0.866. The minimum Gasteiger partial charge on any atom is -0.305 e. The van der Waals surface area contributed by atoms with Gasteiger partial charge < -0.3 is 3.97 Å². The molecule has 0 unspecified atom stereocenters. The maximum atomic E-state index is 2.54. The molecular formula is C10H22N2S2. The summed E-state index contributed by atoms with van der Waals surface area (Å²) in [5.74, 6) is 0. The second kappa shape index (κ2) is 3.83. The lowest BCUT2D eigenvalue weighted by Crippen LogP contribution is -2.28. The average molecular weight is 234 g/mol. The fourth-order valence-electron chi connectivity index (χ4n) is 1.30. The van der Waals surface area contributed by atoms with Crippen molar-refractivity contribution < 1.29 is 0 Å². The summed E-state index contributed by atoms with van der Waals surface area (Å²) in [5, 5.41) is 0. The summed E-state index contributed by atoms with van der Waals surface area (Å²) in [5.41, 5.74) is 0. The molecule has 14 heavy (non-hydrogen) atoms. The van der Waals surface area contributed by atoms with E-state index in [2.05, 4.69) is 70.5 Å². The van der Waals surface area contributed by atoms with Crippen molar-refractivity contribution in [3.8, 4) is 0 Å². The highest BCUT2D eigenvalue weighted by atomic mass is 32.3. The van der Waals surface area contributed by atoms with Crippen LogP contribution in [0.15, 0.2) is 24.5 Å². The number of hydrogen-bond acceptors (Lipinski definition) is 1. The zero-order valence-corrected chi connectivity index (χ0v) is 11.7. The van der Waals surface area contributed by atoms with Crippen molar-refractivity contribution in [2.75, 3.05) is 38.3 Å². The molecule has 0 spiro atoms. The van der Waals surface area contributed by atoms with E-state index in [1.807, 2.05) is 0 Å². The molecule has 0 saturated carbocycles. The molecule has 1 heterocycles. The topological polar surface area (TPSA) is 8.17 Å². The first-order chi connectivity index (χ1) is 6.26. The Morgan fingerprint density at radius 3 is 1.71 bits per heavy atom. The monoisotopic (exact) mass is 234 g/mol. The Bertz CT molecular complexity index is 286. The van der Waals surface area contributed by atoms with Crippen LogP contribution in [-0.4, -0.2) is 46.0 Å². The molecule has 0 aliphatic carbocycles. The fourth-order valence-corrected chi connectivity index (χ4v) is 6.91. The van der Waals surface area contributed by atoms with Gasteiger partial charge >= 0.3 is 0 Å². The van der Waals surface area contributed by atoms with E-state index < -0.39 is 20.6 Å². The minimum absolute atomic E-state index is 0.637. The van der Waals surface area contributed by atoms with Crippen LogP contribution in [0.2, 0.25) is 0 Å². The smallest absolute Gasteiger partial charge is 0.0152 e. The van der Waals surface area contributed by atoms with Crippen molar-refractivity contribution in [3.63, 3.8) is 0 Å². The van der Waals surface area contributed by atoms with Crippen LogP contribution in [0.3, 0.4) is 0 Å². The zero-order chi connectivity index (χ0) is 11.0. The standard InChI is InChI=1S/C10H22N2S2/c1-11(13(2,3)4)14(5,6)12-9-7-8-10-12/h7-10H,1-6H3. The van der Waals surface area contributed by atoms with Crippen LogP contribution in [0, 0.1) is 0 Å². The summed E-state index contributed by atoms with van der Waals surface area (Å²) in [6.45, 7) is 0. The van der Waals surface area contributed by atoms with Crippen LogP contribution in [0.5, 0.6) is 0 Å². The molecule has 1 rings (SSSR count). The molecule has 0 N–H and O–H groups in total. The first kappa shape index (κ1) is 12.0. The molecule has 2 nitrogen and oxygen atoms in total. The summed E-state index contributed by atoms with van der Waals surface area (Å²) in [6.07, 6.45) is 16.0. The van der Waals surface area contributed by atoms with E-state index in [0.717, 1.165) is 0 Å². The molecule has 0 aliphatic rings. The summed E-state index contributed by atoms with van der Waals surface area (Å²) in [7, 11) is 0.737. The molecule has 0 fully saturated rings. The Morgan fingerprint density at radius 2 is 1.36 bits per heavy atom. The van der Waals surface area contributed by atoms with Gasteiger partial charge in [0, 0.05) is 19.4 Å². The van der Waals surface area contributed by atoms with Crippen LogP contribution >= 0.6 is 20.6 Å². The Hall–Kier alpha value is -0.0600. The normalized spacial score (nSPS) is 15.9. The van der Waals surface area contributed by atoms with Crippen LogP contribution < -0.4 is 0 Å². The van der Waals surface area contributed by atoms with Crippen molar-refractivity contribution in [1.82, 2.24) is 7.68 Å². The number of nitrogens with zero attached hydrogens (tertiary/aromatic N) is 2. The molecular weight excluding hydrogens is 212 g/mol. The van der Waals surface area contributed by atoms with Crippen molar-refractivity contribution in [3.05, 3.63) is 24.5 Å². The van der Waals surface area contributed by atoms with Crippen LogP contribution in [0.25, 0.3) is 0 Å². The van der Waals surface area contributed by atoms with Crippen molar-refractivity contribution >= 4 is 20.6 Å². The van der Waals surface area contributed by atoms with Gasteiger partial charge in [0.05, 0.1) is 0 Å².